The number of hydrogen-bond donors (Lipinski definition) is 0. The monoisotopic (exact) mass is 417 g/mol. The van der Waals surface area contributed by atoms with E-state index in [1.165, 1.54) is 141 Å². The van der Waals surface area contributed by atoms with Crippen LogP contribution in [0.4, 0.5) is 0 Å². The third kappa shape index (κ3) is 18.4. The first-order valence-corrected chi connectivity index (χ1v) is 14.4. The molecule has 0 aromatic heterocycles. The van der Waals surface area contributed by atoms with Gasteiger partial charge in [0.05, 0.1) is 6.15 Å². The zero-order valence-electron chi connectivity index (χ0n) is 21.8. The van der Waals surface area contributed by atoms with Crippen LogP contribution in [0.2, 0.25) is 19.0 Å². The zero-order chi connectivity index (χ0) is 22.2. The van der Waals surface area contributed by atoms with Crippen molar-refractivity contribution in [2.75, 3.05) is 0 Å². The molecule has 0 aliphatic carbocycles. The Morgan fingerprint density at radius 1 is 0.400 bits per heavy atom. The standard InChI is InChI=1S/C29H58B/c1-5-9-13-17-21-25-29-30(26-22-18-14-10-6-2,27-23-19-15-11-7-3)28-24-20-16-12-8-4/h5-24,26-28H2,1-4H3/q-1. The van der Waals surface area contributed by atoms with Crippen LogP contribution in [-0.2, 0) is 0 Å². The maximum absolute atomic E-state index is 4.00. The molecule has 0 unspecified atom stereocenters. The van der Waals surface area contributed by atoms with E-state index in [-0.39, 0.29) is 0 Å². The highest BCUT2D eigenvalue weighted by atomic mass is 14.0. The third-order valence-corrected chi connectivity index (χ3v) is 7.14. The Balaban J connectivity index is 4.88. The maximum atomic E-state index is 4.00. The summed E-state index contributed by atoms with van der Waals surface area (Å²) in [6, 6.07) is 0. The third-order valence-electron chi connectivity index (χ3n) is 7.14. The van der Waals surface area contributed by atoms with Gasteiger partial charge in [-0.15, -0.1) is 0 Å². The predicted octanol–water partition coefficient (Wildman–Crippen LogP) is 10.9. The summed E-state index contributed by atoms with van der Waals surface area (Å²) >= 11 is 0. The van der Waals surface area contributed by atoms with Gasteiger partial charge >= 0.3 is 0 Å². The lowest BCUT2D eigenvalue weighted by molar-refractivity contribution is 0.633. The molecule has 0 nitrogen and oxygen atoms in total. The Kier molecular flexibility index (Phi) is 23.0. The fourth-order valence-corrected chi connectivity index (χ4v) is 4.99. The molecule has 0 saturated carbocycles. The lowest BCUT2D eigenvalue weighted by Crippen LogP contribution is -2.32. The van der Waals surface area contributed by atoms with Crippen LogP contribution >= 0.6 is 0 Å². The normalized spacial score (nSPS) is 11.5. The van der Waals surface area contributed by atoms with Crippen LogP contribution in [0, 0.1) is 11.7 Å². The molecular formula is C29H58B-. The van der Waals surface area contributed by atoms with E-state index < -0.39 is 6.15 Å². The van der Waals surface area contributed by atoms with Gasteiger partial charge in [-0.3, -0.25) is 0 Å². The van der Waals surface area contributed by atoms with Crippen molar-refractivity contribution in [2.24, 2.45) is 0 Å². The van der Waals surface area contributed by atoms with Crippen LogP contribution in [0.1, 0.15) is 156 Å². The minimum absolute atomic E-state index is 0.452. The minimum atomic E-state index is -0.452. The highest BCUT2D eigenvalue weighted by molar-refractivity contribution is 6.87. The van der Waals surface area contributed by atoms with Crippen molar-refractivity contribution >= 4 is 6.15 Å². The molecule has 0 atom stereocenters. The van der Waals surface area contributed by atoms with Gasteiger partial charge in [0.25, 0.3) is 0 Å². The van der Waals surface area contributed by atoms with Gasteiger partial charge in [-0.05, 0) is 6.42 Å². The van der Waals surface area contributed by atoms with Crippen molar-refractivity contribution in [3.05, 3.63) is 0 Å². The molecule has 178 valence electrons. The summed E-state index contributed by atoms with van der Waals surface area (Å²) in [4.78, 5) is 0. The fraction of sp³-hybridized carbons (Fsp3) is 0.931. The molecule has 0 spiro atoms. The smallest absolute Gasteiger partial charge is 0.0708 e. The molecule has 0 aliphatic rings. The summed E-state index contributed by atoms with van der Waals surface area (Å²) in [7, 11) is 0. The fourth-order valence-electron chi connectivity index (χ4n) is 4.99. The number of hydrogen-bond acceptors (Lipinski definition) is 0. The molecule has 0 N–H and O–H groups in total. The van der Waals surface area contributed by atoms with Gasteiger partial charge in [-0.2, -0.15) is 24.9 Å². The Labute approximate surface area is 193 Å². The van der Waals surface area contributed by atoms with E-state index in [9.17, 15) is 0 Å². The van der Waals surface area contributed by atoms with Crippen molar-refractivity contribution in [1.29, 1.82) is 0 Å². The molecule has 0 heterocycles. The zero-order valence-corrected chi connectivity index (χ0v) is 21.8. The van der Waals surface area contributed by atoms with Crippen molar-refractivity contribution in [1.82, 2.24) is 0 Å². The van der Waals surface area contributed by atoms with E-state index in [1.54, 1.807) is 0 Å². The molecule has 30 heavy (non-hydrogen) atoms. The van der Waals surface area contributed by atoms with Gasteiger partial charge in [0.1, 0.15) is 0 Å². The summed E-state index contributed by atoms with van der Waals surface area (Å²) < 4.78 is 0. The first kappa shape index (κ1) is 29.6. The molecule has 0 bridgehead atoms. The average Bonchev–Trinajstić information content (AvgIpc) is 2.75. The maximum Gasteiger partial charge on any atom is 0.0708 e. The predicted molar refractivity (Wildman–Crippen MR) is 143 cm³/mol. The molecule has 0 rings (SSSR count). The van der Waals surface area contributed by atoms with Crippen molar-refractivity contribution < 1.29 is 0 Å². The molecule has 0 aromatic carbocycles. The first-order valence-electron chi connectivity index (χ1n) is 14.4. The Hall–Kier alpha value is -0.375. The highest BCUT2D eigenvalue weighted by Crippen LogP contribution is 2.29. The summed E-state index contributed by atoms with van der Waals surface area (Å²) in [6.07, 6.45) is 31.5. The minimum Gasteiger partial charge on any atom is -0.315 e. The average molecular weight is 418 g/mol. The van der Waals surface area contributed by atoms with E-state index in [4.69, 9.17) is 0 Å². The lowest BCUT2D eigenvalue weighted by atomic mass is 9.19. The Bertz CT molecular complexity index is 353. The molecule has 0 amide bonds. The Morgan fingerprint density at radius 3 is 1.10 bits per heavy atom. The lowest BCUT2D eigenvalue weighted by Gasteiger charge is -2.35. The van der Waals surface area contributed by atoms with Gasteiger partial charge in [0.2, 0.25) is 0 Å². The largest absolute Gasteiger partial charge is 0.315 e. The van der Waals surface area contributed by atoms with Crippen molar-refractivity contribution in [3.63, 3.8) is 0 Å². The van der Waals surface area contributed by atoms with Crippen LogP contribution < -0.4 is 0 Å². The van der Waals surface area contributed by atoms with E-state index in [2.05, 4.69) is 39.4 Å². The second-order valence-electron chi connectivity index (χ2n) is 10.2. The number of unbranched alkanes of at least 4 members (excludes halogenated alkanes) is 16. The molecule has 1 heteroatoms. The Morgan fingerprint density at radius 2 is 0.733 bits per heavy atom. The molecular weight excluding hydrogens is 359 g/mol. The summed E-state index contributed by atoms with van der Waals surface area (Å²) in [5, 5.41) is 0. The quantitative estimate of drug-likeness (QED) is 0.0933. The highest BCUT2D eigenvalue weighted by Gasteiger charge is 2.21. The second kappa shape index (κ2) is 23.3. The van der Waals surface area contributed by atoms with E-state index in [0.29, 0.717) is 0 Å². The van der Waals surface area contributed by atoms with E-state index in [1.807, 2.05) is 0 Å². The van der Waals surface area contributed by atoms with Crippen molar-refractivity contribution in [3.8, 4) is 11.7 Å². The van der Waals surface area contributed by atoms with Gasteiger partial charge in [-0.1, -0.05) is 143 Å². The number of rotatable bonds is 22. The van der Waals surface area contributed by atoms with Gasteiger partial charge in [0.15, 0.2) is 0 Å². The van der Waals surface area contributed by atoms with Crippen LogP contribution in [0.25, 0.3) is 0 Å². The van der Waals surface area contributed by atoms with Gasteiger partial charge in [0, 0.05) is 6.42 Å². The van der Waals surface area contributed by atoms with Crippen LogP contribution in [0.3, 0.4) is 0 Å². The molecule has 0 saturated heterocycles. The van der Waals surface area contributed by atoms with Crippen LogP contribution in [0.15, 0.2) is 0 Å². The molecule has 0 radical (unpaired) electrons. The summed E-state index contributed by atoms with van der Waals surface area (Å²) in [6.45, 7) is 9.27. The summed E-state index contributed by atoms with van der Waals surface area (Å²) in [5.41, 5.74) is 0. The molecule has 0 fully saturated rings. The van der Waals surface area contributed by atoms with Gasteiger partial charge in [-0.25, -0.2) is 0 Å². The van der Waals surface area contributed by atoms with Gasteiger partial charge < -0.3 is 5.82 Å². The second-order valence-corrected chi connectivity index (χ2v) is 10.2. The van der Waals surface area contributed by atoms with E-state index >= 15 is 0 Å². The topological polar surface area (TPSA) is 0 Å². The molecule has 0 aromatic rings. The summed E-state index contributed by atoms with van der Waals surface area (Å²) in [5.74, 6) is 7.71. The van der Waals surface area contributed by atoms with E-state index in [0.717, 1.165) is 6.42 Å². The molecule has 0 aliphatic heterocycles. The first-order chi connectivity index (χ1) is 14.7. The SMILES string of the molecule is CCCCCCC#C[B-](CCCCCCC)(CCCCCCC)CCCCCCC. The van der Waals surface area contributed by atoms with Crippen LogP contribution in [0.5, 0.6) is 0 Å². The van der Waals surface area contributed by atoms with Crippen LogP contribution in [-0.4, -0.2) is 6.15 Å². The van der Waals surface area contributed by atoms with Crippen molar-refractivity contribution in [2.45, 2.75) is 175 Å².